The zero-order chi connectivity index (χ0) is 25.5. The Morgan fingerprint density at radius 3 is 2.49 bits per heavy atom. The van der Waals surface area contributed by atoms with Crippen LogP contribution in [-0.2, 0) is 13.2 Å². The highest BCUT2D eigenvalue weighted by Gasteiger charge is 2.32. The zero-order valence-electron chi connectivity index (χ0n) is 18.5. The number of tetrazole rings is 1. The summed E-state index contributed by atoms with van der Waals surface area (Å²) < 4.78 is 42.2. The van der Waals surface area contributed by atoms with Gasteiger partial charge in [0.05, 0.1) is 11.3 Å². The molecule has 0 unspecified atom stereocenters. The highest BCUT2D eigenvalue weighted by atomic mass is 19.4. The summed E-state index contributed by atoms with van der Waals surface area (Å²) in [5, 5.41) is 15.4. The van der Waals surface area contributed by atoms with Crippen molar-refractivity contribution in [1.29, 1.82) is 0 Å². The van der Waals surface area contributed by atoms with Crippen molar-refractivity contribution in [3.05, 3.63) is 81.3 Å². The fourth-order valence-electron chi connectivity index (χ4n) is 3.70. The van der Waals surface area contributed by atoms with Gasteiger partial charge in [0.2, 0.25) is 0 Å². The van der Waals surface area contributed by atoms with Crippen LogP contribution < -0.4 is 17.0 Å². The quantitative estimate of drug-likeness (QED) is 0.413. The Balaban J connectivity index is 1.83. The number of hydrogen-bond acceptors (Lipinski definition) is 7. The Kier molecular flexibility index (Phi) is 5.84. The summed E-state index contributed by atoms with van der Waals surface area (Å²) in [5.41, 5.74) is 10.4. The highest BCUT2D eigenvalue weighted by molar-refractivity contribution is 5.92. The lowest BCUT2D eigenvalue weighted by Gasteiger charge is -2.18. The number of primary amides is 1. The number of amides is 1. The van der Waals surface area contributed by atoms with Crippen LogP contribution in [-0.4, -0.2) is 35.9 Å². The molecule has 4 N–H and O–H groups in total. The van der Waals surface area contributed by atoms with Crippen LogP contribution >= 0.6 is 0 Å². The van der Waals surface area contributed by atoms with Crippen LogP contribution in [0.4, 0.5) is 18.9 Å². The van der Waals surface area contributed by atoms with Gasteiger partial charge in [-0.25, -0.2) is 4.68 Å². The van der Waals surface area contributed by atoms with Gasteiger partial charge in [0.15, 0.2) is 11.5 Å². The van der Waals surface area contributed by atoms with Crippen LogP contribution in [0.25, 0.3) is 17.1 Å². The molecule has 0 saturated heterocycles. The van der Waals surface area contributed by atoms with Gasteiger partial charge in [0.25, 0.3) is 11.5 Å². The van der Waals surface area contributed by atoms with Crippen molar-refractivity contribution in [3.8, 4) is 17.1 Å². The first-order valence-corrected chi connectivity index (χ1v) is 10.2. The molecule has 35 heavy (non-hydrogen) atoms. The van der Waals surface area contributed by atoms with Crippen LogP contribution in [0.1, 0.15) is 40.0 Å². The molecule has 1 amide bonds. The first-order chi connectivity index (χ1) is 16.5. The number of carbonyl (C=O) groups excluding carboxylic acids is 1. The lowest BCUT2D eigenvalue weighted by molar-refractivity contribution is -0.137. The number of nitrogen functional groups attached to an aromatic ring is 1. The topological polar surface area (TPSA) is 148 Å². The van der Waals surface area contributed by atoms with Crippen molar-refractivity contribution in [2.75, 3.05) is 5.73 Å². The number of hydrogen-bond donors (Lipinski definition) is 2. The molecule has 2 heterocycles. The van der Waals surface area contributed by atoms with Crippen molar-refractivity contribution in [2.45, 2.75) is 19.0 Å². The van der Waals surface area contributed by atoms with E-state index >= 15 is 0 Å². The molecule has 0 radical (unpaired) electrons. The van der Waals surface area contributed by atoms with E-state index in [0.29, 0.717) is 17.1 Å². The van der Waals surface area contributed by atoms with Crippen molar-refractivity contribution in [2.24, 2.45) is 12.8 Å². The molecule has 0 bridgehead atoms. The Hall–Kier alpha value is -4.55. The van der Waals surface area contributed by atoms with Crippen LogP contribution in [0.5, 0.6) is 0 Å². The first kappa shape index (κ1) is 23.6. The minimum absolute atomic E-state index is 0.0751. The summed E-state index contributed by atoms with van der Waals surface area (Å²) in [4.78, 5) is 25.3. The molecule has 4 aromatic rings. The molecule has 0 aliphatic rings. The normalized spacial score (nSPS) is 12.5. The number of alkyl halides is 3. The summed E-state index contributed by atoms with van der Waals surface area (Å²) in [5.74, 6) is -1.36. The molecule has 0 saturated carbocycles. The molecular weight excluding hydrogens is 465 g/mol. The third kappa shape index (κ3) is 4.60. The van der Waals surface area contributed by atoms with Gasteiger partial charge in [0, 0.05) is 30.3 Å². The maximum absolute atomic E-state index is 13.3. The van der Waals surface area contributed by atoms with Crippen molar-refractivity contribution >= 4 is 11.6 Å². The van der Waals surface area contributed by atoms with Crippen molar-refractivity contribution in [1.82, 2.24) is 30.0 Å². The van der Waals surface area contributed by atoms with E-state index in [2.05, 4.69) is 20.6 Å². The van der Waals surface area contributed by atoms with Gasteiger partial charge in [-0.15, -0.1) is 5.10 Å². The van der Waals surface area contributed by atoms with E-state index in [1.807, 2.05) is 0 Å². The maximum Gasteiger partial charge on any atom is 0.416 e. The van der Waals surface area contributed by atoms with E-state index in [1.165, 1.54) is 17.7 Å². The summed E-state index contributed by atoms with van der Waals surface area (Å²) in [6.07, 6.45) is -4.62. The fraction of sp³-hybridized carbons (Fsp3) is 0.182. The molecule has 0 aliphatic carbocycles. The summed E-state index contributed by atoms with van der Waals surface area (Å²) in [6, 6.07) is 10.8. The second-order valence-electron chi connectivity index (χ2n) is 7.85. The number of benzene rings is 2. The van der Waals surface area contributed by atoms with E-state index in [4.69, 9.17) is 11.5 Å². The molecule has 0 aliphatic heterocycles. The molecule has 4 rings (SSSR count). The predicted octanol–water partition coefficient (Wildman–Crippen LogP) is 2.27. The van der Waals surface area contributed by atoms with E-state index in [1.54, 1.807) is 31.3 Å². The second kappa shape index (κ2) is 8.66. The fourth-order valence-corrected chi connectivity index (χ4v) is 3.70. The van der Waals surface area contributed by atoms with Gasteiger partial charge in [-0.3, -0.25) is 9.59 Å². The largest absolute Gasteiger partial charge is 0.416 e. The number of aryl methyl sites for hydroxylation is 1. The third-order valence-corrected chi connectivity index (χ3v) is 5.44. The number of aromatic nitrogens is 6. The molecule has 2 aromatic carbocycles. The number of halogens is 3. The van der Waals surface area contributed by atoms with Gasteiger partial charge in [-0.2, -0.15) is 23.0 Å². The van der Waals surface area contributed by atoms with Crippen LogP contribution in [0, 0.1) is 0 Å². The Morgan fingerprint density at radius 2 is 1.86 bits per heavy atom. The number of rotatable bonds is 5. The molecule has 2 aromatic heterocycles. The van der Waals surface area contributed by atoms with Gasteiger partial charge < -0.3 is 11.5 Å². The van der Waals surface area contributed by atoms with E-state index in [0.717, 1.165) is 22.9 Å². The molecule has 0 spiro atoms. The summed E-state index contributed by atoms with van der Waals surface area (Å²) >= 11 is 0. The minimum Gasteiger partial charge on any atom is -0.399 e. The van der Waals surface area contributed by atoms with Gasteiger partial charge in [-0.1, -0.05) is 19.1 Å². The van der Waals surface area contributed by atoms with E-state index in [-0.39, 0.29) is 22.5 Å². The van der Waals surface area contributed by atoms with Crippen LogP contribution in [0.3, 0.4) is 0 Å². The maximum atomic E-state index is 13.3. The smallest absolute Gasteiger partial charge is 0.399 e. The number of nitrogens with two attached hydrogens (primary N) is 2. The third-order valence-electron chi connectivity index (χ3n) is 5.44. The standard InChI is InChI=1S/C22H19F3N8O2/c1-11(13-6-14(22(23,24)25)9-15(26)7-13)17-10-18(34)33(29-19(17)20(27)35)16-5-3-4-12(8-16)21-28-30-31-32(21)2/h3-11H,26H2,1-2H3,(H2,27,35)/t11-/m1/s1. The van der Waals surface area contributed by atoms with Gasteiger partial charge >= 0.3 is 6.18 Å². The number of nitrogens with zero attached hydrogens (tertiary/aromatic N) is 6. The Morgan fingerprint density at radius 1 is 1.11 bits per heavy atom. The number of anilines is 1. The molecule has 0 fully saturated rings. The van der Waals surface area contributed by atoms with Gasteiger partial charge in [0.1, 0.15) is 0 Å². The molecule has 13 heteroatoms. The zero-order valence-corrected chi connectivity index (χ0v) is 18.5. The Labute approximate surface area is 196 Å². The molecule has 180 valence electrons. The summed E-state index contributed by atoms with van der Waals surface area (Å²) in [7, 11) is 1.65. The monoisotopic (exact) mass is 484 g/mol. The predicted molar refractivity (Wildman–Crippen MR) is 120 cm³/mol. The average molecular weight is 484 g/mol. The van der Waals surface area contributed by atoms with Gasteiger partial charge in [-0.05, 0) is 51.9 Å². The lowest BCUT2D eigenvalue weighted by atomic mass is 9.90. The van der Waals surface area contributed by atoms with Crippen LogP contribution in [0.15, 0.2) is 53.3 Å². The second-order valence-corrected chi connectivity index (χ2v) is 7.85. The molecule has 10 nitrogen and oxygen atoms in total. The first-order valence-electron chi connectivity index (χ1n) is 10.2. The van der Waals surface area contributed by atoms with Crippen molar-refractivity contribution < 1.29 is 18.0 Å². The van der Waals surface area contributed by atoms with Crippen molar-refractivity contribution in [3.63, 3.8) is 0 Å². The lowest BCUT2D eigenvalue weighted by Crippen LogP contribution is -2.28. The molecule has 1 atom stereocenters. The van der Waals surface area contributed by atoms with E-state index in [9.17, 15) is 22.8 Å². The number of carbonyl (C=O) groups is 1. The summed E-state index contributed by atoms with van der Waals surface area (Å²) in [6.45, 7) is 1.53. The average Bonchev–Trinajstić information content (AvgIpc) is 3.23. The highest BCUT2D eigenvalue weighted by Crippen LogP contribution is 2.35. The van der Waals surface area contributed by atoms with Crippen LogP contribution in [0.2, 0.25) is 0 Å². The molecular formula is C22H19F3N8O2. The van der Waals surface area contributed by atoms with E-state index < -0.39 is 29.1 Å². The minimum atomic E-state index is -4.62. The Bertz CT molecular complexity index is 1490. The SMILES string of the molecule is C[C@H](c1cc(N)cc(C(F)(F)F)c1)c1cc(=O)n(-c2cccc(-c3nnnn3C)c2)nc1C(N)=O.